The zero-order valence-electron chi connectivity index (χ0n) is 17.1. The van der Waals surface area contributed by atoms with E-state index in [1.807, 2.05) is 29.2 Å². The maximum atomic E-state index is 13.3. The average Bonchev–Trinajstić information content (AvgIpc) is 3.37. The topological polar surface area (TPSA) is 91.8 Å². The number of methoxy groups -OCH3 is 1. The van der Waals surface area contributed by atoms with Gasteiger partial charge < -0.3 is 19.9 Å². The Morgan fingerprint density at radius 3 is 2.87 bits per heavy atom. The molecule has 4 aliphatic rings. The van der Waals surface area contributed by atoms with Crippen molar-refractivity contribution >= 4 is 23.4 Å². The van der Waals surface area contributed by atoms with Crippen LogP contribution in [0, 0.1) is 11.8 Å². The number of hydrogen-bond acceptors (Lipinski definition) is 5. The number of para-hydroxylation sites is 1. The maximum absolute atomic E-state index is 13.3. The second kappa shape index (κ2) is 6.29. The summed E-state index contributed by atoms with van der Waals surface area (Å²) in [5, 5.41) is 2.93. The van der Waals surface area contributed by atoms with Gasteiger partial charge in [-0.15, -0.1) is 0 Å². The zero-order chi connectivity index (χ0) is 21.3. The molecule has 4 heterocycles. The molecular weight excluding hydrogens is 396 g/mol. The summed E-state index contributed by atoms with van der Waals surface area (Å²) in [5.74, 6) is 0.266. The molecule has 0 radical (unpaired) electrons. The van der Waals surface area contributed by atoms with Gasteiger partial charge in [0.2, 0.25) is 17.7 Å². The van der Waals surface area contributed by atoms with E-state index in [0.717, 1.165) is 11.3 Å². The minimum atomic E-state index is -0.708. The Hall–Kier alpha value is -3.42. The van der Waals surface area contributed by atoms with Gasteiger partial charge in [0, 0.05) is 49.1 Å². The highest BCUT2D eigenvalue weighted by molar-refractivity contribution is 6.12. The van der Waals surface area contributed by atoms with Crippen LogP contribution < -0.4 is 10.1 Å². The molecule has 2 saturated heterocycles. The van der Waals surface area contributed by atoms with Crippen molar-refractivity contribution in [1.29, 1.82) is 0 Å². The molecule has 6 rings (SSSR count). The number of carbonyl (C=O) groups is 3. The highest BCUT2D eigenvalue weighted by atomic mass is 16.5. The fourth-order valence-electron chi connectivity index (χ4n) is 5.54. The van der Waals surface area contributed by atoms with Gasteiger partial charge in [-0.3, -0.25) is 14.4 Å². The minimum absolute atomic E-state index is 0.0255. The van der Waals surface area contributed by atoms with E-state index in [4.69, 9.17) is 4.74 Å². The summed E-state index contributed by atoms with van der Waals surface area (Å²) in [6.45, 7) is 1.79. The molecule has 3 amide bonds. The molecule has 0 unspecified atom stereocenters. The van der Waals surface area contributed by atoms with Gasteiger partial charge in [-0.05, 0) is 24.1 Å². The van der Waals surface area contributed by atoms with Crippen molar-refractivity contribution in [2.24, 2.45) is 11.8 Å². The number of benzene rings is 1. The van der Waals surface area contributed by atoms with Gasteiger partial charge in [0.05, 0.1) is 24.5 Å². The van der Waals surface area contributed by atoms with Crippen LogP contribution in [0.4, 0.5) is 5.69 Å². The summed E-state index contributed by atoms with van der Waals surface area (Å²) in [6, 6.07) is 11.0. The highest BCUT2D eigenvalue weighted by Crippen LogP contribution is 2.61. The first kappa shape index (κ1) is 18.4. The molecule has 1 aromatic heterocycles. The molecule has 1 saturated carbocycles. The number of pyridine rings is 1. The normalized spacial score (nSPS) is 29.8. The number of anilines is 1. The van der Waals surface area contributed by atoms with Crippen LogP contribution in [0.3, 0.4) is 0 Å². The van der Waals surface area contributed by atoms with E-state index in [0.29, 0.717) is 37.5 Å². The molecule has 3 fully saturated rings. The predicted molar refractivity (Wildman–Crippen MR) is 111 cm³/mol. The fourth-order valence-corrected chi connectivity index (χ4v) is 5.54. The molecule has 31 heavy (non-hydrogen) atoms. The minimum Gasteiger partial charge on any atom is -0.481 e. The smallest absolute Gasteiger partial charge is 0.254 e. The lowest BCUT2D eigenvalue weighted by atomic mass is 9.89. The number of fused-ring (bicyclic) bond motifs is 3. The largest absolute Gasteiger partial charge is 0.481 e. The second-order valence-electron chi connectivity index (χ2n) is 8.84. The number of ether oxygens (including phenoxy) is 1. The lowest BCUT2D eigenvalue weighted by Crippen LogP contribution is -2.59. The molecule has 158 valence electrons. The first-order valence-corrected chi connectivity index (χ1v) is 10.5. The SMILES string of the molecule is COc1cc(C(=O)N2C[C@@H]3CN(C(=O)[C@H]4C[C@]45C(=O)Nc4ccccc45)[C@H]3C2)ccn1. The van der Waals surface area contributed by atoms with Gasteiger partial charge >= 0.3 is 0 Å². The number of rotatable bonds is 3. The lowest BCUT2D eigenvalue weighted by molar-refractivity contribution is -0.144. The Bertz CT molecular complexity index is 1130. The van der Waals surface area contributed by atoms with Gasteiger partial charge in [0.25, 0.3) is 5.91 Å². The van der Waals surface area contributed by atoms with Crippen LogP contribution in [0.15, 0.2) is 42.6 Å². The van der Waals surface area contributed by atoms with E-state index in [1.165, 1.54) is 7.11 Å². The Kier molecular flexibility index (Phi) is 3.73. The number of likely N-dealkylation sites (tertiary alicyclic amines) is 2. The van der Waals surface area contributed by atoms with Crippen LogP contribution in [0.2, 0.25) is 0 Å². The number of hydrogen-bond donors (Lipinski definition) is 1. The molecule has 1 aliphatic carbocycles. The standard InChI is InChI=1S/C23H22N4O4/c1-31-19-8-13(6-7-24-19)20(28)26-10-14-11-27(18(14)12-26)21(29)16-9-23(16)15-4-2-3-5-17(15)25-22(23)30/h2-8,14,16,18H,9-12H2,1H3,(H,25,30)/t14-,16-,18+,23-/m1/s1. The quantitative estimate of drug-likeness (QED) is 0.811. The number of aromatic nitrogens is 1. The summed E-state index contributed by atoms with van der Waals surface area (Å²) in [6.07, 6.45) is 2.12. The van der Waals surface area contributed by atoms with E-state index >= 15 is 0 Å². The fraction of sp³-hybridized carbons (Fsp3) is 0.391. The predicted octanol–water partition coefficient (Wildman–Crippen LogP) is 1.28. The van der Waals surface area contributed by atoms with E-state index in [9.17, 15) is 14.4 Å². The number of nitrogens with one attached hydrogen (secondary N) is 1. The Labute approximate surface area is 179 Å². The van der Waals surface area contributed by atoms with Crippen molar-refractivity contribution in [1.82, 2.24) is 14.8 Å². The van der Waals surface area contributed by atoms with E-state index in [1.54, 1.807) is 23.2 Å². The molecule has 1 aromatic carbocycles. The zero-order valence-corrected chi connectivity index (χ0v) is 17.1. The van der Waals surface area contributed by atoms with Crippen molar-refractivity contribution in [3.05, 3.63) is 53.7 Å². The van der Waals surface area contributed by atoms with Crippen molar-refractivity contribution in [3.8, 4) is 5.88 Å². The van der Waals surface area contributed by atoms with Crippen molar-refractivity contribution in [2.75, 3.05) is 32.1 Å². The molecule has 8 nitrogen and oxygen atoms in total. The number of amides is 3. The van der Waals surface area contributed by atoms with Crippen LogP contribution in [0.1, 0.15) is 22.3 Å². The van der Waals surface area contributed by atoms with Crippen molar-refractivity contribution in [2.45, 2.75) is 17.9 Å². The van der Waals surface area contributed by atoms with Crippen LogP contribution in [-0.2, 0) is 15.0 Å². The molecule has 0 bridgehead atoms. The highest BCUT2D eigenvalue weighted by Gasteiger charge is 2.69. The first-order chi connectivity index (χ1) is 15.0. The number of nitrogens with zero attached hydrogens (tertiary/aromatic N) is 3. The Morgan fingerprint density at radius 2 is 2.03 bits per heavy atom. The monoisotopic (exact) mass is 418 g/mol. The van der Waals surface area contributed by atoms with Crippen molar-refractivity contribution in [3.63, 3.8) is 0 Å². The van der Waals surface area contributed by atoms with Crippen LogP contribution >= 0.6 is 0 Å². The van der Waals surface area contributed by atoms with E-state index in [-0.39, 0.29) is 35.6 Å². The Balaban J connectivity index is 1.16. The third-order valence-electron chi connectivity index (χ3n) is 7.32. The van der Waals surface area contributed by atoms with Gasteiger partial charge in [-0.2, -0.15) is 0 Å². The van der Waals surface area contributed by atoms with Gasteiger partial charge in [0.1, 0.15) is 0 Å². The van der Waals surface area contributed by atoms with Crippen LogP contribution in [0.5, 0.6) is 5.88 Å². The summed E-state index contributed by atoms with van der Waals surface area (Å²) in [4.78, 5) is 46.6. The van der Waals surface area contributed by atoms with E-state index < -0.39 is 5.41 Å². The molecule has 3 aliphatic heterocycles. The molecule has 1 spiro atoms. The number of carbonyl (C=O) groups excluding carboxylic acids is 3. The van der Waals surface area contributed by atoms with Crippen LogP contribution in [-0.4, -0.2) is 65.3 Å². The molecule has 1 N–H and O–H groups in total. The summed E-state index contributed by atoms with van der Waals surface area (Å²) in [5.41, 5.74) is 1.58. The van der Waals surface area contributed by atoms with Crippen molar-refractivity contribution < 1.29 is 19.1 Å². The molecule has 2 aromatic rings. The summed E-state index contributed by atoms with van der Waals surface area (Å²) in [7, 11) is 1.52. The Morgan fingerprint density at radius 1 is 1.19 bits per heavy atom. The summed E-state index contributed by atoms with van der Waals surface area (Å²) >= 11 is 0. The van der Waals surface area contributed by atoms with Gasteiger partial charge in [-0.25, -0.2) is 4.98 Å². The second-order valence-corrected chi connectivity index (χ2v) is 8.84. The lowest BCUT2D eigenvalue weighted by Gasteiger charge is -2.43. The third kappa shape index (κ3) is 2.47. The third-order valence-corrected chi connectivity index (χ3v) is 7.32. The van der Waals surface area contributed by atoms with E-state index in [2.05, 4.69) is 10.3 Å². The van der Waals surface area contributed by atoms with Gasteiger partial charge in [-0.1, -0.05) is 18.2 Å². The molecule has 8 heteroatoms. The molecular formula is C23H22N4O4. The van der Waals surface area contributed by atoms with Gasteiger partial charge in [0.15, 0.2) is 0 Å². The maximum Gasteiger partial charge on any atom is 0.254 e. The summed E-state index contributed by atoms with van der Waals surface area (Å²) < 4.78 is 5.12. The van der Waals surface area contributed by atoms with Crippen LogP contribution in [0.25, 0.3) is 0 Å². The molecule has 4 atom stereocenters. The first-order valence-electron chi connectivity index (χ1n) is 10.5. The average molecular weight is 418 g/mol.